The highest BCUT2D eigenvalue weighted by molar-refractivity contribution is 5.74. The van der Waals surface area contributed by atoms with Gasteiger partial charge in [0.15, 0.2) is 0 Å². The predicted octanol–water partition coefficient (Wildman–Crippen LogP) is 6.22. The number of aromatic amines is 1. The van der Waals surface area contributed by atoms with Crippen molar-refractivity contribution in [1.29, 1.82) is 0 Å². The molecule has 0 atom stereocenters. The van der Waals surface area contributed by atoms with Crippen molar-refractivity contribution < 1.29 is 0 Å². The SMILES string of the molecule is C=C/C=C(\c1cc[nH]c1C=C)C(CCCC)CCCC. The highest BCUT2D eigenvalue weighted by atomic mass is 14.7. The molecule has 0 spiro atoms. The first-order chi connectivity index (χ1) is 9.78. The molecule has 1 heterocycles. The molecule has 1 aromatic rings. The topological polar surface area (TPSA) is 15.8 Å². The Morgan fingerprint density at radius 1 is 1.20 bits per heavy atom. The zero-order chi connectivity index (χ0) is 14.8. The van der Waals surface area contributed by atoms with Gasteiger partial charge in [0.25, 0.3) is 0 Å². The smallest absolute Gasteiger partial charge is 0.0450 e. The second kappa shape index (κ2) is 9.41. The molecule has 0 radical (unpaired) electrons. The first-order valence-corrected chi connectivity index (χ1v) is 7.91. The number of nitrogens with one attached hydrogen (secondary N) is 1. The van der Waals surface area contributed by atoms with Crippen LogP contribution in [0, 0.1) is 5.92 Å². The van der Waals surface area contributed by atoms with Crippen LogP contribution in [0.3, 0.4) is 0 Å². The summed E-state index contributed by atoms with van der Waals surface area (Å²) in [5.41, 5.74) is 3.83. The summed E-state index contributed by atoms with van der Waals surface area (Å²) in [4.78, 5) is 3.27. The van der Waals surface area contributed by atoms with E-state index in [1.807, 2.05) is 18.3 Å². The molecule has 1 rings (SSSR count). The summed E-state index contributed by atoms with van der Waals surface area (Å²) in [6, 6.07) is 2.16. The Morgan fingerprint density at radius 3 is 2.35 bits per heavy atom. The van der Waals surface area contributed by atoms with Crippen LogP contribution in [0.25, 0.3) is 11.6 Å². The van der Waals surface area contributed by atoms with Gasteiger partial charge in [-0.2, -0.15) is 0 Å². The van der Waals surface area contributed by atoms with Crippen LogP contribution in [-0.2, 0) is 0 Å². The minimum atomic E-state index is 0.627. The van der Waals surface area contributed by atoms with Gasteiger partial charge in [0.2, 0.25) is 0 Å². The fourth-order valence-corrected chi connectivity index (χ4v) is 2.73. The fraction of sp³-hybridized carbons (Fsp3) is 0.474. The highest BCUT2D eigenvalue weighted by Gasteiger charge is 2.17. The van der Waals surface area contributed by atoms with Crippen LogP contribution in [0.15, 0.2) is 37.6 Å². The average molecular weight is 271 g/mol. The van der Waals surface area contributed by atoms with Crippen molar-refractivity contribution in [1.82, 2.24) is 4.98 Å². The van der Waals surface area contributed by atoms with Crippen LogP contribution in [0.5, 0.6) is 0 Å². The maximum atomic E-state index is 3.91. The number of hydrogen-bond acceptors (Lipinski definition) is 0. The molecule has 0 amide bonds. The van der Waals surface area contributed by atoms with E-state index in [2.05, 4.69) is 44.1 Å². The molecule has 1 aromatic heterocycles. The summed E-state index contributed by atoms with van der Waals surface area (Å²) < 4.78 is 0. The van der Waals surface area contributed by atoms with Crippen molar-refractivity contribution in [2.75, 3.05) is 0 Å². The molecule has 0 aromatic carbocycles. The Morgan fingerprint density at radius 2 is 1.85 bits per heavy atom. The molecule has 20 heavy (non-hydrogen) atoms. The van der Waals surface area contributed by atoms with E-state index < -0.39 is 0 Å². The predicted molar refractivity (Wildman–Crippen MR) is 91.6 cm³/mol. The number of aromatic nitrogens is 1. The van der Waals surface area contributed by atoms with Crippen LogP contribution in [0.4, 0.5) is 0 Å². The number of allylic oxidation sites excluding steroid dienone is 3. The van der Waals surface area contributed by atoms with Crippen molar-refractivity contribution in [2.45, 2.75) is 52.4 Å². The molecule has 1 heteroatoms. The summed E-state index contributed by atoms with van der Waals surface area (Å²) in [6.45, 7) is 12.3. The van der Waals surface area contributed by atoms with E-state index in [-0.39, 0.29) is 0 Å². The van der Waals surface area contributed by atoms with Gasteiger partial charge in [-0.3, -0.25) is 0 Å². The number of hydrogen-bond donors (Lipinski definition) is 1. The zero-order valence-corrected chi connectivity index (χ0v) is 13.1. The third-order valence-electron chi connectivity index (χ3n) is 3.84. The first-order valence-electron chi connectivity index (χ1n) is 7.91. The van der Waals surface area contributed by atoms with Gasteiger partial charge in [0.05, 0.1) is 0 Å². The zero-order valence-electron chi connectivity index (χ0n) is 13.1. The van der Waals surface area contributed by atoms with E-state index in [4.69, 9.17) is 0 Å². The van der Waals surface area contributed by atoms with Crippen molar-refractivity contribution in [3.8, 4) is 0 Å². The van der Waals surface area contributed by atoms with Crippen molar-refractivity contribution in [3.05, 3.63) is 48.8 Å². The summed E-state index contributed by atoms with van der Waals surface area (Å²) >= 11 is 0. The highest BCUT2D eigenvalue weighted by Crippen LogP contribution is 2.33. The average Bonchev–Trinajstić information content (AvgIpc) is 2.93. The van der Waals surface area contributed by atoms with Crippen LogP contribution in [0.2, 0.25) is 0 Å². The van der Waals surface area contributed by atoms with E-state index in [1.165, 1.54) is 49.7 Å². The molecule has 1 N–H and O–H groups in total. The lowest BCUT2D eigenvalue weighted by molar-refractivity contribution is 0.509. The number of H-pyrrole nitrogens is 1. The quantitative estimate of drug-likeness (QED) is 0.486. The Balaban J connectivity index is 3.03. The molecular formula is C19H29N. The van der Waals surface area contributed by atoms with Crippen LogP contribution in [-0.4, -0.2) is 4.98 Å². The minimum absolute atomic E-state index is 0.627. The van der Waals surface area contributed by atoms with Crippen LogP contribution >= 0.6 is 0 Å². The molecule has 0 saturated carbocycles. The van der Waals surface area contributed by atoms with E-state index in [0.717, 1.165) is 5.69 Å². The van der Waals surface area contributed by atoms with Gasteiger partial charge in [0.1, 0.15) is 0 Å². The molecule has 0 aliphatic carbocycles. The van der Waals surface area contributed by atoms with Gasteiger partial charge < -0.3 is 4.98 Å². The Hall–Kier alpha value is -1.50. The summed E-state index contributed by atoms with van der Waals surface area (Å²) in [5.74, 6) is 0.627. The van der Waals surface area contributed by atoms with E-state index >= 15 is 0 Å². The Kier molecular flexibility index (Phi) is 7.79. The molecule has 110 valence electrons. The van der Waals surface area contributed by atoms with Crippen LogP contribution in [0.1, 0.15) is 63.6 Å². The molecule has 0 aliphatic rings. The molecular weight excluding hydrogens is 242 g/mol. The van der Waals surface area contributed by atoms with Gasteiger partial charge in [-0.05, 0) is 36.5 Å². The van der Waals surface area contributed by atoms with Gasteiger partial charge >= 0.3 is 0 Å². The molecule has 0 saturated heterocycles. The number of rotatable bonds is 10. The van der Waals surface area contributed by atoms with E-state index in [0.29, 0.717) is 5.92 Å². The lowest BCUT2D eigenvalue weighted by Crippen LogP contribution is -2.05. The first kappa shape index (κ1) is 16.6. The second-order valence-electron chi connectivity index (χ2n) is 5.35. The van der Waals surface area contributed by atoms with Crippen molar-refractivity contribution >= 4 is 11.6 Å². The maximum absolute atomic E-state index is 3.91. The lowest BCUT2D eigenvalue weighted by Gasteiger charge is -2.20. The van der Waals surface area contributed by atoms with E-state index in [1.54, 1.807) is 0 Å². The maximum Gasteiger partial charge on any atom is 0.0450 e. The Labute approximate surface area is 124 Å². The van der Waals surface area contributed by atoms with Crippen molar-refractivity contribution in [3.63, 3.8) is 0 Å². The number of unbranched alkanes of at least 4 members (excludes halogenated alkanes) is 2. The van der Waals surface area contributed by atoms with Crippen molar-refractivity contribution in [2.24, 2.45) is 5.92 Å². The summed E-state index contributed by atoms with van der Waals surface area (Å²) in [6.07, 6.45) is 15.6. The molecule has 0 fully saturated rings. The van der Waals surface area contributed by atoms with Gasteiger partial charge in [-0.15, -0.1) is 0 Å². The van der Waals surface area contributed by atoms with E-state index in [9.17, 15) is 0 Å². The second-order valence-corrected chi connectivity index (χ2v) is 5.35. The van der Waals surface area contributed by atoms with Gasteiger partial charge in [-0.25, -0.2) is 0 Å². The van der Waals surface area contributed by atoms with Gasteiger partial charge in [0, 0.05) is 17.5 Å². The minimum Gasteiger partial charge on any atom is -0.361 e. The van der Waals surface area contributed by atoms with Crippen LogP contribution < -0.4 is 0 Å². The molecule has 1 nitrogen and oxygen atoms in total. The normalized spacial score (nSPS) is 11.8. The summed E-state index contributed by atoms with van der Waals surface area (Å²) in [5, 5.41) is 0. The monoisotopic (exact) mass is 271 g/mol. The molecule has 0 bridgehead atoms. The lowest BCUT2D eigenvalue weighted by atomic mass is 9.84. The molecule has 0 aliphatic heterocycles. The summed E-state index contributed by atoms with van der Waals surface area (Å²) in [7, 11) is 0. The third-order valence-corrected chi connectivity index (χ3v) is 3.84. The Bertz CT molecular complexity index is 428. The van der Waals surface area contributed by atoms with Gasteiger partial charge in [-0.1, -0.05) is 64.8 Å². The third kappa shape index (κ3) is 4.56. The standard InChI is InChI=1S/C19H29N/c1-5-9-12-16(13-10-6-2)17(11-7-3)18-14-15-20-19(18)8-4/h7-8,11,14-16,20H,3-6,9-10,12-13H2,1-2H3/b17-11-. The molecule has 0 unspecified atom stereocenters. The fourth-order valence-electron chi connectivity index (χ4n) is 2.73. The largest absolute Gasteiger partial charge is 0.361 e.